The van der Waals surface area contributed by atoms with Crippen LogP contribution >= 0.6 is 15.9 Å². The molecule has 1 aromatic heterocycles. The van der Waals surface area contributed by atoms with Crippen LogP contribution in [0.4, 0.5) is 5.69 Å². The van der Waals surface area contributed by atoms with E-state index in [-0.39, 0.29) is 17.5 Å². The normalized spacial score (nSPS) is 14.9. The van der Waals surface area contributed by atoms with Gasteiger partial charge < -0.3 is 15.0 Å². The minimum atomic E-state index is -0.178. The zero-order chi connectivity index (χ0) is 19.4. The highest BCUT2D eigenvalue weighted by Crippen LogP contribution is 2.22. The first-order chi connectivity index (χ1) is 13.0. The first-order valence-corrected chi connectivity index (χ1v) is 9.79. The van der Waals surface area contributed by atoms with E-state index in [2.05, 4.69) is 26.3 Å². The molecule has 0 aliphatic carbocycles. The van der Waals surface area contributed by atoms with Crippen LogP contribution in [0.3, 0.4) is 0 Å². The maximum atomic E-state index is 12.7. The molecule has 0 saturated carbocycles. The average molecular weight is 435 g/mol. The number of aryl methyl sites for hydroxylation is 1. The van der Waals surface area contributed by atoms with Crippen LogP contribution in [0.15, 0.2) is 39.7 Å². The molecule has 0 unspecified atom stereocenters. The summed E-state index contributed by atoms with van der Waals surface area (Å²) >= 11 is 3.33. The maximum Gasteiger partial charge on any atom is 0.282 e. The second-order valence-electron chi connectivity index (χ2n) is 6.47. The number of benzene rings is 1. The second kappa shape index (κ2) is 8.56. The summed E-state index contributed by atoms with van der Waals surface area (Å²) in [5.74, 6) is 0.804. The smallest absolute Gasteiger partial charge is 0.282 e. The Morgan fingerprint density at radius 2 is 1.96 bits per heavy atom. The number of piperidine rings is 1. The highest BCUT2D eigenvalue weighted by Gasteiger charge is 2.24. The van der Waals surface area contributed by atoms with Gasteiger partial charge in [0.05, 0.1) is 18.5 Å². The molecule has 27 heavy (non-hydrogen) atoms. The summed E-state index contributed by atoms with van der Waals surface area (Å²) in [7, 11) is 1.61. The lowest BCUT2D eigenvalue weighted by atomic mass is 10.0. The van der Waals surface area contributed by atoms with Gasteiger partial charge in [-0.25, -0.2) is 4.68 Å². The number of likely N-dealkylation sites (tertiary alicyclic amines) is 1. The number of anilines is 1. The Bertz CT molecular complexity index is 858. The molecule has 0 atom stereocenters. The van der Waals surface area contributed by atoms with Crippen LogP contribution in [0.25, 0.3) is 0 Å². The lowest BCUT2D eigenvalue weighted by Crippen LogP contribution is -2.42. The van der Waals surface area contributed by atoms with Crippen molar-refractivity contribution in [2.45, 2.75) is 25.8 Å². The van der Waals surface area contributed by atoms with Crippen LogP contribution in [0, 0.1) is 0 Å². The molecular weight excluding hydrogens is 412 g/mol. The lowest BCUT2D eigenvalue weighted by molar-refractivity contribution is 0.0718. The van der Waals surface area contributed by atoms with Crippen molar-refractivity contribution in [3.05, 3.63) is 50.9 Å². The monoisotopic (exact) mass is 434 g/mol. The van der Waals surface area contributed by atoms with Crippen molar-refractivity contribution in [3.8, 4) is 5.75 Å². The van der Waals surface area contributed by atoms with Gasteiger partial charge in [-0.15, -0.1) is 0 Å². The quantitative estimate of drug-likeness (QED) is 0.782. The number of rotatable bonds is 5. The standard InChI is InChI=1S/C19H23BrN4O3/c1-3-27-15-6-4-13(5-7-15)18(25)24-10-8-14(9-11-24)22-16-12-21-23(2)19(26)17(16)20/h4-7,12,14,22H,3,8-11H2,1-2H3. The first-order valence-electron chi connectivity index (χ1n) is 9.00. The van der Waals surface area contributed by atoms with Gasteiger partial charge in [0.25, 0.3) is 11.5 Å². The molecule has 0 radical (unpaired) electrons. The number of nitrogens with one attached hydrogen (secondary N) is 1. The number of carbonyl (C=O) groups excluding carboxylic acids is 1. The van der Waals surface area contributed by atoms with Gasteiger partial charge in [0.15, 0.2) is 0 Å². The van der Waals surface area contributed by atoms with E-state index >= 15 is 0 Å². The fourth-order valence-corrected chi connectivity index (χ4v) is 3.57. The largest absolute Gasteiger partial charge is 0.494 e. The van der Waals surface area contributed by atoms with Gasteiger partial charge in [-0.1, -0.05) is 0 Å². The summed E-state index contributed by atoms with van der Waals surface area (Å²) in [6.45, 7) is 3.87. The Balaban J connectivity index is 1.57. The number of aromatic nitrogens is 2. The Kier molecular flexibility index (Phi) is 6.15. The highest BCUT2D eigenvalue weighted by molar-refractivity contribution is 9.10. The molecule has 2 aromatic rings. The minimum Gasteiger partial charge on any atom is -0.494 e. The van der Waals surface area contributed by atoms with Crippen molar-refractivity contribution >= 4 is 27.5 Å². The molecule has 1 fully saturated rings. The maximum absolute atomic E-state index is 12.7. The molecule has 1 N–H and O–H groups in total. The van der Waals surface area contributed by atoms with E-state index < -0.39 is 0 Å². The fraction of sp³-hybridized carbons (Fsp3) is 0.421. The zero-order valence-corrected chi connectivity index (χ0v) is 17.0. The molecule has 144 valence electrons. The second-order valence-corrected chi connectivity index (χ2v) is 7.26. The third-order valence-corrected chi connectivity index (χ3v) is 5.40. The van der Waals surface area contributed by atoms with E-state index in [1.807, 2.05) is 24.0 Å². The summed E-state index contributed by atoms with van der Waals surface area (Å²) in [6.07, 6.45) is 3.26. The third kappa shape index (κ3) is 4.50. The number of ether oxygens (including phenoxy) is 1. The van der Waals surface area contributed by atoms with Crippen LogP contribution in [0.1, 0.15) is 30.1 Å². The van der Waals surface area contributed by atoms with Crippen LogP contribution in [-0.4, -0.2) is 46.3 Å². The number of carbonyl (C=O) groups is 1. The molecular formula is C19H23BrN4O3. The van der Waals surface area contributed by atoms with Crippen LogP contribution in [-0.2, 0) is 7.05 Å². The van der Waals surface area contributed by atoms with Crippen LogP contribution in [0.5, 0.6) is 5.75 Å². The number of nitrogens with zero attached hydrogens (tertiary/aromatic N) is 3. The molecule has 2 heterocycles. The van der Waals surface area contributed by atoms with Gasteiger partial charge in [-0.05, 0) is 60.0 Å². The molecule has 1 aliphatic rings. The number of hydrogen-bond donors (Lipinski definition) is 1. The predicted molar refractivity (Wildman–Crippen MR) is 107 cm³/mol. The summed E-state index contributed by atoms with van der Waals surface area (Å²) in [4.78, 5) is 26.5. The summed E-state index contributed by atoms with van der Waals surface area (Å²) in [5, 5.41) is 7.41. The van der Waals surface area contributed by atoms with Gasteiger partial charge in [0, 0.05) is 31.7 Å². The van der Waals surface area contributed by atoms with E-state index in [9.17, 15) is 9.59 Å². The van der Waals surface area contributed by atoms with E-state index in [1.165, 1.54) is 4.68 Å². The van der Waals surface area contributed by atoms with Gasteiger partial charge in [-0.3, -0.25) is 9.59 Å². The molecule has 3 rings (SSSR count). The lowest BCUT2D eigenvalue weighted by Gasteiger charge is -2.33. The van der Waals surface area contributed by atoms with E-state index in [4.69, 9.17) is 4.74 Å². The van der Waals surface area contributed by atoms with Crippen LogP contribution in [0.2, 0.25) is 0 Å². The van der Waals surface area contributed by atoms with Gasteiger partial charge in [0.1, 0.15) is 10.2 Å². The number of hydrogen-bond acceptors (Lipinski definition) is 5. The molecule has 8 heteroatoms. The first kappa shape index (κ1) is 19.4. The number of amides is 1. The molecule has 1 aromatic carbocycles. The Morgan fingerprint density at radius 1 is 1.30 bits per heavy atom. The average Bonchev–Trinajstić information content (AvgIpc) is 2.69. The van der Waals surface area contributed by atoms with E-state index in [0.29, 0.717) is 35.4 Å². The van der Waals surface area contributed by atoms with Crippen molar-refractivity contribution in [2.24, 2.45) is 7.05 Å². The number of halogens is 1. The summed E-state index contributed by atoms with van der Waals surface area (Å²) in [6, 6.07) is 7.46. The molecule has 1 amide bonds. The molecule has 1 saturated heterocycles. The van der Waals surface area contributed by atoms with Crippen molar-refractivity contribution < 1.29 is 9.53 Å². The Morgan fingerprint density at radius 3 is 2.59 bits per heavy atom. The predicted octanol–water partition coefficient (Wildman–Crippen LogP) is 2.66. The zero-order valence-electron chi connectivity index (χ0n) is 15.4. The van der Waals surface area contributed by atoms with E-state index in [0.717, 1.165) is 18.6 Å². The van der Waals surface area contributed by atoms with Crippen molar-refractivity contribution in [1.82, 2.24) is 14.7 Å². The minimum absolute atomic E-state index is 0.0351. The Hall–Kier alpha value is -2.35. The SMILES string of the molecule is CCOc1ccc(C(=O)N2CCC(Nc3cnn(C)c(=O)c3Br)CC2)cc1. The van der Waals surface area contributed by atoms with Crippen LogP contribution < -0.4 is 15.6 Å². The topological polar surface area (TPSA) is 76.5 Å². The van der Waals surface area contributed by atoms with Gasteiger partial charge >= 0.3 is 0 Å². The fourth-order valence-electron chi connectivity index (χ4n) is 3.10. The summed E-state index contributed by atoms with van der Waals surface area (Å²) in [5.41, 5.74) is 1.18. The van der Waals surface area contributed by atoms with E-state index in [1.54, 1.807) is 25.4 Å². The van der Waals surface area contributed by atoms with Gasteiger partial charge in [0.2, 0.25) is 0 Å². The molecule has 1 aliphatic heterocycles. The van der Waals surface area contributed by atoms with Crippen molar-refractivity contribution in [2.75, 3.05) is 25.0 Å². The third-order valence-electron chi connectivity index (χ3n) is 4.63. The highest BCUT2D eigenvalue weighted by atomic mass is 79.9. The molecule has 0 spiro atoms. The van der Waals surface area contributed by atoms with Gasteiger partial charge in [-0.2, -0.15) is 5.10 Å². The Labute approximate surface area is 166 Å². The van der Waals surface area contributed by atoms with Crippen molar-refractivity contribution in [3.63, 3.8) is 0 Å². The summed E-state index contributed by atoms with van der Waals surface area (Å²) < 4.78 is 7.18. The van der Waals surface area contributed by atoms with Crippen molar-refractivity contribution in [1.29, 1.82) is 0 Å². The molecule has 7 nitrogen and oxygen atoms in total. The molecule has 0 bridgehead atoms.